The fourth-order valence-electron chi connectivity index (χ4n) is 7.24. The number of anilines is 4. The van der Waals surface area contributed by atoms with Gasteiger partial charge < -0.3 is 30.1 Å². The van der Waals surface area contributed by atoms with Gasteiger partial charge in [0.25, 0.3) is 11.8 Å². The van der Waals surface area contributed by atoms with Crippen LogP contribution in [0.5, 0.6) is 5.75 Å². The van der Waals surface area contributed by atoms with Gasteiger partial charge in [-0.2, -0.15) is 0 Å². The Balaban J connectivity index is 0.812. The molecule has 0 bridgehead atoms. The third-order valence-electron chi connectivity index (χ3n) is 10.3. The normalized spacial score (nSPS) is 16.7. The van der Waals surface area contributed by atoms with E-state index in [-0.39, 0.29) is 36.6 Å². The SMILES string of the molecule is Cc1nc(Nc2ncc(C(=O)Nc3c(C)cccc3Cl)s2)cc(N2CCN(C(=O)CCCCCCOc3cccc4c3CN(C3CCC(=O)NC3=O)C4=O)CC2)n1. The third kappa shape index (κ3) is 9.34. The summed E-state index contributed by atoms with van der Waals surface area (Å²) in [4.78, 5) is 82.5. The van der Waals surface area contributed by atoms with Crippen molar-refractivity contribution in [1.82, 2.24) is 30.1 Å². The summed E-state index contributed by atoms with van der Waals surface area (Å²) >= 11 is 7.49. The molecule has 1 unspecified atom stereocenters. The topological polar surface area (TPSA) is 179 Å². The fourth-order valence-corrected chi connectivity index (χ4v) is 8.23. The van der Waals surface area contributed by atoms with Crippen molar-refractivity contribution in [2.24, 2.45) is 0 Å². The number of carbonyl (C=O) groups excluding carboxylic acids is 5. The van der Waals surface area contributed by atoms with E-state index in [9.17, 15) is 24.0 Å². The number of thiazole rings is 1. The lowest BCUT2D eigenvalue weighted by Gasteiger charge is -2.35. The molecule has 2 aromatic heterocycles. The number of amides is 5. The van der Waals surface area contributed by atoms with Crippen LogP contribution < -0.4 is 25.6 Å². The number of rotatable bonds is 14. The highest BCUT2D eigenvalue weighted by Crippen LogP contribution is 2.34. The highest BCUT2D eigenvalue weighted by Gasteiger charge is 2.40. The number of piperidine rings is 1. The number of hydrogen-bond acceptors (Lipinski definition) is 12. The van der Waals surface area contributed by atoms with E-state index < -0.39 is 11.9 Å². The molecular weight excluding hydrogens is 770 g/mol. The van der Waals surface area contributed by atoms with Crippen LogP contribution in [0.25, 0.3) is 0 Å². The Bertz CT molecular complexity index is 2170. The van der Waals surface area contributed by atoms with E-state index in [0.717, 1.165) is 42.6 Å². The number of ether oxygens (including phenoxy) is 1. The maximum atomic E-state index is 13.1. The van der Waals surface area contributed by atoms with Gasteiger partial charge in [0.1, 0.15) is 34.1 Å². The summed E-state index contributed by atoms with van der Waals surface area (Å²) in [7, 11) is 0. The molecule has 2 saturated heterocycles. The standard InChI is InChI=1S/C40H44ClN9O6S/c1-24-9-7-11-28(41)36(24)47-38(54)31-22-42-40(57-31)45-32-21-33(44-25(2)43-32)48-16-18-49(19-17-48)35(52)13-5-3-4-6-20-56-30-12-8-10-26-27(30)23-50(39(26)55)29-14-15-34(51)46-37(29)53/h7-12,21-22,29H,3-6,13-20,23H2,1-2H3,(H,47,54)(H,46,51,53)(H,42,43,44,45). The van der Waals surface area contributed by atoms with Crippen molar-refractivity contribution >= 4 is 74.9 Å². The second-order valence-electron chi connectivity index (χ2n) is 14.3. The molecule has 0 aliphatic carbocycles. The van der Waals surface area contributed by atoms with E-state index in [0.29, 0.717) is 89.3 Å². The Morgan fingerprint density at radius 3 is 2.58 bits per heavy atom. The first kappa shape index (κ1) is 39.6. The maximum absolute atomic E-state index is 13.1. The zero-order valence-electron chi connectivity index (χ0n) is 31.8. The smallest absolute Gasteiger partial charge is 0.267 e. The van der Waals surface area contributed by atoms with E-state index in [2.05, 4.69) is 35.8 Å². The zero-order chi connectivity index (χ0) is 40.1. The molecule has 1 atom stereocenters. The highest BCUT2D eigenvalue weighted by molar-refractivity contribution is 7.17. The summed E-state index contributed by atoms with van der Waals surface area (Å²) in [6.07, 6.45) is 5.91. The number of nitrogens with zero attached hydrogens (tertiary/aromatic N) is 6. The largest absolute Gasteiger partial charge is 0.493 e. The number of nitrogens with one attached hydrogen (secondary N) is 3. The molecule has 298 valence electrons. The Labute approximate surface area is 339 Å². The molecular formula is C40H44ClN9O6S. The molecule has 0 radical (unpaired) electrons. The van der Waals surface area contributed by atoms with Crippen LogP contribution in [0.2, 0.25) is 5.02 Å². The molecule has 4 aromatic rings. The number of benzene rings is 2. The van der Waals surface area contributed by atoms with Crippen LogP contribution in [0.3, 0.4) is 0 Å². The first-order valence-electron chi connectivity index (χ1n) is 19.1. The van der Waals surface area contributed by atoms with Gasteiger partial charge in [0.15, 0.2) is 5.13 Å². The van der Waals surface area contributed by atoms with Crippen LogP contribution in [0.15, 0.2) is 48.7 Å². The Morgan fingerprint density at radius 1 is 1.00 bits per heavy atom. The Morgan fingerprint density at radius 2 is 1.79 bits per heavy atom. The van der Waals surface area contributed by atoms with E-state index in [1.54, 1.807) is 18.2 Å². The van der Waals surface area contributed by atoms with Gasteiger partial charge in [-0.15, -0.1) is 0 Å². The van der Waals surface area contributed by atoms with Gasteiger partial charge >= 0.3 is 0 Å². The second-order valence-corrected chi connectivity index (χ2v) is 15.7. The van der Waals surface area contributed by atoms with E-state index in [1.165, 1.54) is 22.4 Å². The monoisotopic (exact) mass is 813 g/mol. The van der Waals surface area contributed by atoms with Crippen molar-refractivity contribution in [3.63, 3.8) is 0 Å². The molecule has 3 N–H and O–H groups in total. The molecule has 17 heteroatoms. The van der Waals surface area contributed by atoms with E-state index in [1.807, 2.05) is 43.0 Å². The summed E-state index contributed by atoms with van der Waals surface area (Å²) in [5, 5.41) is 9.39. The van der Waals surface area contributed by atoms with Crippen molar-refractivity contribution in [3.05, 3.63) is 81.1 Å². The van der Waals surface area contributed by atoms with Gasteiger partial charge in [0.2, 0.25) is 17.7 Å². The number of aromatic nitrogens is 3. The molecule has 15 nitrogen and oxygen atoms in total. The predicted molar refractivity (Wildman–Crippen MR) is 216 cm³/mol. The minimum Gasteiger partial charge on any atom is -0.493 e. The lowest BCUT2D eigenvalue weighted by Crippen LogP contribution is -2.52. The van der Waals surface area contributed by atoms with E-state index in [4.69, 9.17) is 16.3 Å². The number of aryl methyl sites for hydroxylation is 2. The van der Waals surface area contributed by atoms with Crippen LogP contribution in [0, 0.1) is 13.8 Å². The zero-order valence-corrected chi connectivity index (χ0v) is 33.4. The van der Waals surface area contributed by atoms with Gasteiger partial charge in [-0.25, -0.2) is 15.0 Å². The molecule has 3 aliphatic heterocycles. The van der Waals surface area contributed by atoms with Crippen LogP contribution in [-0.4, -0.2) is 93.1 Å². The molecule has 2 aromatic carbocycles. The first-order valence-corrected chi connectivity index (χ1v) is 20.3. The average molecular weight is 814 g/mol. The fraction of sp³-hybridized carbons (Fsp3) is 0.400. The Kier molecular flexibility index (Phi) is 12.3. The summed E-state index contributed by atoms with van der Waals surface area (Å²) in [5.41, 5.74) is 2.73. The molecule has 0 spiro atoms. The number of imide groups is 1. The van der Waals surface area contributed by atoms with Crippen molar-refractivity contribution < 1.29 is 28.7 Å². The molecule has 5 amide bonds. The Hall–Kier alpha value is -5.61. The first-order chi connectivity index (χ1) is 27.5. The number of carbonyl (C=O) groups is 5. The molecule has 0 saturated carbocycles. The summed E-state index contributed by atoms with van der Waals surface area (Å²) < 4.78 is 6.08. The second kappa shape index (κ2) is 17.7. The van der Waals surface area contributed by atoms with Gasteiger partial charge in [-0.1, -0.05) is 54.0 Å². The molecule has 2 fully saturated rings. The lowest BCUT2D eigenvalue weighted by molar-refractivity contribution is -0.137. The van der Waals surface area contributed by atoms with Crippen molar-refractivity contribution in [2.75, 3.05) is 48.3 Å². The van der Waals surface area contributed by atoms with Crippen LogP contribution in [0.4, 0.5) is 22.5 Å². The van der Waals surface area contributed by atoms with Gasteiger partial charge in [-0.05, 0) is 56.9 Å². The van der Waals surface area contributed by atoms with Gasteiger partial charge in [0.05, 0.1) is 30.1 Å². The van der Waals surface area contributed by atoms with Gasteiger partial charge in [0, 0.05) is 56.2 Å². The van der Waals surface area contributed by atoms with Crippen molar-refractivity contribution in [1.29, 1.82) is 0 Å². The van der Waals surface area contributed by atoms with Crippen LogP contribution in [0.1, 0.15) is 81.9 Å². The summed E-state index contributed by atoms with van der Waals surface area (Å²) in [6.45, 7) is 6.92. The average Bonchev–Trinajstić information content (AvgIpc) is 3.80. The number of fused-ring (bicyclic) bond motifs is 1. The van der Waals surface area contributed by atoms with Crippen LogP contribution in [-0.2, 0) is 20.9 Å². The summed E-state index contributed by atoms with van der Waals surface area (Å²) in [5.74, 6) is 1.40. The number of halogens is 1. The van der Waals surface area contributed by atoms with Crippen LogP contribution >= 0.6 is 22.9 Å². The van der Waals surface area contributed by atoms with Crippen molar-refractivity contribution in [2.45, 2.75) is 71.4 Å². The summed E-state index contributed by atoms with van der Waals surface area (Å²) in [6, 6.07) is 12.0. The predicted octanol–water partition coefficient (Wildman–Crippen LogP) is 5.64. The molecule has 57 heavy (non-hydrogen) atoms. The van der Waals surface area contributed by atoms with E-state index >= 15 is 0 Å². The molecule has 3 aliphatic rings. The third-order valence-corrected chi connectivity index (χ3v) is 11.5. The highest BCUT2D eigenvalue weighted by atomic mass is 35.5. The minimum absolute atomic E-state index is 0.144. The van der Waals surface area contributed by atoms with Crippen molar-refractivity contribution in [3.8, 4) is 5.75 Å². The lowest BCUT2D eigenvalue weighted by atomic mass is 10.0. The molecule has 5 heterocycles. The number of piperazine rings is 1. The van der Waals surface area contributed by atoms with Gasteiger partial charge in [-0.3, -0.25) is 29.3 Å². The number of para-hydroxylation sites is 1. The maximum Gasteiger partial charge on any atom is 0.267 e. The minimum atomic E-state index is -0.666. The quantitative estimate of drug-likeness (QED) is 0.106. The number of unbranched alkanes of at least 4 members (excludes halogenated alkanes) is 3. The molecule has 7 rings (SSSR count). The number of hydrogen-bond donors (Lipinski definition) is 3.